The van der Waals surface area contributed by atoms with E-state index in [1.807, 2.05) is 36.4 Å². The Labute approximate surface area is 170 Å². The average Bonchev–Trinajstić information content (AvgIpc) is 2.60. The molecule has 0 aliphatic rings. The monoisotopic (exact) mass is 484 g/mol. The normalized spacial score (nSPS) is 10.6. The predicted molar refractivity (Wildman–Crippen MR) is 109 cm³/mol. The minimum absolute atomic E-state index is 0.101. The van der Waals surface area contributed by atoms with Gasteiger partial charge in [0, 0.05) is 6.42 Å². The highest BCUT2D eigenvalue weighted by molar-refractivity contribution is 9.11. The lowest BCUT2D eigenvalue weighted by Crippen LogP contribution is -2.01. The molecule has 4 nitrogen and oxygen atoms in total. The number of carboxylic acid groups (broad SMARTS) is 1. The Hall–Kier alpha value is -1.53. The molecule has 0 aromatic heterocycles. The smallest absolute Gasteiger partial charge is 0.303 e. The summed E-state index contributed by atoms with van der Waals surface area (Å²) in [5, 5.41) is 8.81. The zero-order valence-corrected chi connectivity index (χ0v) is 17.8. The summed E-state index contributed by atoms with van der Waals surface area (Å²) in [7, 11) is 0. The van der Waals surface area contributed by atoms with Gasteiger partial charge in [0.2, 0.25) is 0 Å². The Balaban J connectivity index is 2.00. The van der Waals surface area contributed by atoms with Crippen molar-refractivity contribution in [3.8, 4) is 11.5 Å². The van der Waals surface area contributed by atoms with Crippen LogP contribution in [0.25, 0.3) is 0 Å². The SMILES string of the molecule is CCCCOc1cccc(COc2c(Br)cc(CCC(=O)O)cc2Br)c1. The third kappa shape index (κ3) is 6.65. The van der Waals surface area contributed by atoms with Gasteiger partial charge in [0.1, 0.15) is 18.1 Å². The Morgan fingerprint density at radius 1 is 1.08 bits per heavy atom. The number of ether oxygens (including phenoxy) is 2. The number of aryl methyl sites for hydroxylation is 1. The lowest BCUT2D eigenvalue weighted by molar-refractivity contribution is -0.136. The number of carboxylic acids is 1. The molecule has 0 heterocycles. The molecule has 0 fully saturated rings. The minimum Gasteiger partial charge on any atom is -0.494 e. The average molecular weight is 486 g/mol. The van der Waals surface area contributed by atoms with Gasteiger partial charge in [-0.15, -0.1) is 0 Å². The summed E-state index contributed by atoms with van der Waals surface area (Å²) >= 11 is 7.02. The van der Waals surface area contributed by atoms with Crippen LogP contribution in [0.15, 0.2) is 45.3 Å². The predicted octanol–water partition coefficient (Wildman–Crippen LogP) is 5.99. The van der Waals surface area contributed by atoms with E-state index in [1.54, 1.807) is 0 Å². The van der Waals surface area contributed by atoms with Crippen molar-refractivity contribution in [3.63, 3.8) is 0 Å². The number of unbranched alkanes of at least 4 members (excludes halogenated alkanes) is 1. The van der Waals surface area contributed by atoms with Gasteiger partial charge >= 0.3 is 5.97 Å². The van der Waals surface area contributed by atoms with E-state index in [-0.39, 0.29) is 6.42 Å². The fourth-order valence-corrected chi connectivity index (χ4v) is 3.87. The summed E-state index contributed by atoms with van der Waals surface area (Å²) in [5.74, 6) is 0.738. The number of hydrogen-bond donors (Lipinski definition) is 1. The van der Waals surface area contributed by atoms with Crippen LogP contribution in [-0.4, -0.2) is 17.7 Å². The van der Waals surface area contributed by atoms with Crippen LogP contribution in [0.2, 0.25) is 0 Å². The molecule has 2 aromatic carbocycles. The van der Waals surface area contributed by atoms with E-state index in [9.17, 15) is 4.79 Å². The fraction of sp³-hybridized carbons (Fsp3) is 0.350. The molecule has 0 bridgehead atoms. The maximum atomic E-state index is 10.7. The van der Waals surface area contributed by atoms with E-state index < -0.39 is 5.97 Å². The fourth-order valence-electron chi connectivity index (χ4n) is 2.36. The van der Waals surface area contributed by atoms with Crippen LogP contribution in [0.3, 0.4) is 0 Å². The third-order valence-electron chi connectivity index (χ3n) is 3.73. The summed E-state index contributed by atoms with van der Waals surface area (Å²) in [4.78, 5) is 10.7. The second kappa shape index (κ2) is 10.6. The third-order valence-corrected chi connectivity index (χ3v) is 4.91. The van der Waals surface area contributed by atoms with Crippen molar-refractivity contribution in [2.75, 3.05) is 6.61 Å². The first-order chi connectivity index (χ1) is 12.5. The summed E-state index contributed by atoms with van der Waals surface area (Å²) in [6.07, 6.45) is 2.72. The van der Waals surface area contributed by atoms with Gasteiger partial charge in [-0.2, -0.15) is 0 Å². The topological polar surface area (TPSA) is 55.8 Å². The molecular formula is C20H22Br2O4. The highest BCUT2D eigenvalue weighted by atomic mass is 79.9. The summed E-state index contributed by atoms with van der Waals surface area (Å²) in [6, 6.07) is 11.7. The number of aliphatic carboxylic acids is 1. The molecule has 0 unspecified atom stereocenters. The van der Waals surface area contributed by atoms with Crippen molar-refractivity contribution in [1.29, 1.82) is 0 Å². The molecule has 0 saturated carbocycles. The second-order valence-corrected chi connectivity index (χ2v) is 7.63. The van der Waals surface area contributed by atoms with Crippen molar-refractivity contribution in [2.24, 2.45) is 0 Å². The first-order valence-electron chi connectivity index (χ1n) is 8.54. The van der Waals surface area contributed by atoms with Crippen molar-refractivity contribution >= 4 is 37.8 Å². The zero-order valence-electron chi connectivity index (χ0n) is 14.6. The molecular weight excluding hydrogens is 464 g/mol. The van der Waals surface area contributed by atoms with Crippen LogP contribution >= 0.6 is 31.9 Å². The molecule has 6 heteroatoms. The quantitative estimate of drug-likeness (QED) is 0.420. The maximum Gasteiger partial charge on any atom is 0.303 e. The number of halogens is 2. The van der Waals surface area contributed by atoms with Gasteiger partial charge in [0.15, 0.2) is 0 Å². The molecule has 26 heavy (non-hydrogen) atoms. The lowest BCUT2D eigenvalue weighted by atomic mass is 10.1. The summed E-state index contributed by atoms with van der Waals surface area (Å²) in [6.45, 7) is 3.27. The Bertz CT molecular complexity index is 723. The molecule has 0 atom stereocenters. The van der Waals surface area contributed by atoms with E-state index in [0.29, 0.717) is 18.8 Å². The molecule has 140 valence electrons. The molecule has 0 radical (unpaired) electrons. The van der Waals surface area contributed by atoms with Crippen LogP contribution in [0, 0.1) is 0 Å². The van der Waals surface area contributed by atoms with E-state index in [4.69, 9.17) is 14.6 Å². The van der Waals surface area contributed by atoms with Crippen LogP contribution in [0.5, 0.6) is 11.5 Å². The number of carbonyl (C=O) groups is 1. The Kier molecular flexibility index (Phi) is 8.45. The van der Waals surface area contributed by atoms with Crippen LogP contribution in [0.4, 0.5) is 0 Å². The molecule has 0 aliphatic heterocycles. The van der Waals surface area contributed by atoms with Crippen molar-refractivity contribution in [3.05, 3.63) is 56.5 Å². The first kappa shape index (κ1) is 20.8. The molecule has 0 saturated heterocycles. The Morgan fingerprint density at radius 3 is 2.46 bits per heavy atom. The van der Waals surface area contributed by atoms with Crippen molar-refractivity contribution in [2.45, 2.75) is 39.2 Å². The molecule has 0 spiro atoms. The van der Waals surface area contributed by atoms with Gasteiger partial charge < -0.3 is 14.6 Å². The molecule has 1 N–H and O–H groups in total. The largest absolute Gasteiger partial charge is 0.494 e. The van der Waals surface area contributed by atoms with E-state index in [2.05, 4.69) is 38.8 Å². The highest BCUT2D eigenvalue weighted by Crippen LogP contribution is 2.35. The van der Waals surface area contributed by atoms with Gasteiger partial charge in [-0.25, -0.2) is 0 Å². The van der Waals surface area contributed by atoms with Gasteiger partial charge in [-0.05, 0) is 80.1 Å². The van der Waals surface area contributed by atoms with Gasteiger partial charge in [-0.3, -0.25) is 4.79 Å². The number of rotatable bonds is 10. The van der Waals surface area contributed by atoms with Crippen molar-refractivity contribution in [1.82, 2.24) is 0 Å². The Morgan fingerprint density at radius 2 is 1.81 bits per heavy atom. The maximum absolute atomic E-state index is 10.7. The number of hydrogen-bond acceptors (Lipinski definition) is 3. The number of benzene rings is 2. The van der Waals surface area contributed by atoms with E-state index >= 15 is 0 Å². The highest BCUT2D eigenvalue weighted by Gasteiger charge is 2.11. The summed E-state index contributed by atoms with van der Waals surface area (Å²) < 4.78 is 13.3. The van der Waals surface area contributed by atoms with Crippen molar-refractivity contribution < 1.29 is 19.4 Å². The molecule has 2 rings (SSSR count). The standard InChI is InChI=1S/C20H22Br2O4/c1-2-3-9-25-16-6-4-5-15(10-16)13-26-20-17(21)11-14(12-18(20)22)7-8-19(23)24/h4-6,10-12H,2-3,7-9,13H2,1H3,(H,23,24). The van der Waals surface area contributed by atoms with E-state index in [0.717, 1.165) is 45.3 Å². The summed E-state index contributed by atoms with van der Waals surface area (Å²) in [5.41, 5.74) is 1.96. The van der Waals surface area contributed by atoms with Gasteiger partial charge in [-0.1, -0.05) is 25.5 Å². The molecule has 0 amide bonds. The van der Waals surface area contributed by atoms with Gasteiger partial charge in [0.25, 0.3) is 0 Å². The van der Waals surface area contributed by atoms with Crippen LogP contribution in [-0.2, 0) is 17.8 Å². The van der Waals surface area contributed by atoms with E-state index in [1.165, 1.54) is 0 Å². The second-order valence-electron chi connectivity index (χ2n) is 5.92. The lowest BCUT2D eigenvalue weighted by Gasteiger charge is -2.13. The first-order valence-corrected chi connectivity index (χ1v) is 10.1. The van der Waals surface area contributed by atoms with Crippen LogP contribution < -0.4 is 9.47 Å². The molecule has 2 aromatic rings. The van der Waals surface area contributed by atoms with Crippen LogP contribution in [0.1, 0.15) is 37.3 Å². The zero-order chi connectivity index (χ0) is 18.9. The minimum atomic E-state index is -0.807. The molecule has 0 aliphatic carbocycles. The van der Waals surface area contributed by atoms with Gasteiger partial charge in [0.05, 0.1) is 15.6 Å².